The molecule has 7 heteroatoms. The summed E-state index contributed by atoms with van der Waals surface area (Å²) in [4.78, 5) is 29.5. The van der Waals surface area contributed by atoms with Gasteiger partial charge in [0.1, 0.15) is 0 Å². The van der Waals surface area contributed by atoms with Gasteiger partial charge in [0.2, 0.25) is 0 Å². The lowest BCUT2D eigenvalue weighted by Gasteiger charge is -2.17. The fraction of sp³-hybridized carbons (Fsp3) is 0. The van der Waals surface area contributed by atoms with Gasteiger partial charge < -0.3 is 4.57 Å². The second-order valence-corrected chi connectivity index (χ2v) is 15.2. The van der Waals surface area contributed by atoms with Crippen LogP contribution in [-0.4, -0.2) is 29.5 Å². The van der Waals surface area contributed by atoms with Crippen LogP contribution >= 0.6 is 0 Å². The van der Waals surface area contributed by atoms with Crippen molar-refractivity contribution in [3.05, 3.63) is 224 Å². The summed E-state index contributed by atoms with van der Waals surface area (Å²) in [6, 6.07) is 71.8. The quantitative estimate of drug-likeness (QED) is 0.143. The van der Waals surface area contributed by atoms with Crippen molar-refractivity contribution < 1.29 is 0 Å². The number of aromatic nitrogens is 6. The van der Waals surface area contributed by atoms with Crippen molar-refractivity contribution in [1.82, 2.24) is 29.5 Å². The van der Waals surface area contributed by atoms with Crippen LogP contribution in [0.3, 0.4) is 0 Å². The van der Waals surface area contributed by atoms with Crippen molar-refractivity contribution in [2.45, 2.75) is 0 Å². The van der Waals surface area contributed by atoms with Gasteiger partial charge in [-0.3, -0.25) is 0 Å². The Hall–Kier alpha value is -8.86. The minimum atomic E-state index is 0.536. The van der Waals surface area contributed by atoms with Gasteiger partial charge in [-0.05, 0) is 53.6 Å². The highest BCUT2D eigenvalue weighted by atomic mass is 15.0. The third-order valence-electron chi connectivity index (χ3n) is 11.3. The van der Waals surface area contributed by atoms with E-state index in [0.29, 0.717) is 29.0 Å². The number of rotatable bonds is 8. The topological polar surface area (TPSA) is 73.7 Å². The van der Waals surface area contributed by atoms with E-state index in [4.69, 9.17) is 31.5 Å². The van der Waals surface area contributed by atoms with Crippen LogP contribution in [0.2, 0.25) is 0 Å². The molecule has 0 fully saturated rings. The summed E-state index contributed by atoms with van der Waals surface area (Å²) in [7, 11) is 0. The minimum Gasteiger partial charge on any atom is -0.309 e. The molecule has 0 bridgehead atoms. The molecule has 11 aromatic rings. The first-order valence-electron chi connectivity index (χ1n) is 20.7. The van der Waals surface area contributed by atoms with Crippen LogP contribution < -0.4 is 0 Å². The van der Waals surface area contributed by atoms with Crippen LogP contribution in [0, 0.1) is 6.57 Å². The first-order chi connectivity index (χ1) is 31.2. The van der Waals surface area contributed by atoms with Crippen molar-refractivity contribution >= 4 is 27.5 Å². The number of nitrogens with zero attached hydrogens (tertiary/aromatic N) is 7. The van der Waals surface area contributed by atoms with Crippen molar-refractivity contribution in [3.8, 4) is 84.9 Å². The molecule has 0 aliphatic carbocycles. The average Bonchev–Trinajstić information content (AvgIpc) is 3.70. The van der Waals surface area contributed by atoms with Crippen LogP contribution in [0.4, 0.5) is 5.69 Å². The predicted molar refractivity (Wildman–Crippen MR) is 254 cm³/mol. The molecular formula is C56H35N7. The number of hydrogen-bond donors (Lipinski definition) is 0. The lowest BCUT2D eigenvalue weighted by atomic mass is 10.0. The molecule has 0 aliphatic heterocycles. The molecule has 0 aliphatic rings. The van der Waals surface area contributed by atoms with Gasteiger partial charge in [0, 0.05) is 44.2 Å². The van der Waals surface area contributed by atoms with Gasteiger partial charge in [0.25, 0.3) is 0 Å². The number of fused-ring (bicyclic) bond motifs is 3. The summed E-state index contributed by atoms with van der Waals surface area (Å²) in [5, 5.41) is 2.22. The second kappa shape index (κ2) is 16.0. The van der Waals surface area contributed by atoms with Gasteiger partial charge in [-0.15, -0.1) is 0 Å². The highest BCUT2D eigenvalue weighted by Gasteiger charge is 2.22. The lowest BCUT2D eigenvalue weighted by Crippen LogP contribution is -2.04. The molecule has 63 heavy (non-hydrogen) atoms. The minimum absolute atomic E-state index is 0.536. The molecule has 0 N–H and O–H groups in total. The molecular weight excluding hydrogens is 771 g/mol. The zero-order valence-corrected chi connectivity index (χ0v) is 33.8. The Morgan fingerprint density at radius 3 is 1.38 bits per heavy atom. The average molecular weight is 806 g/mol. The zero-order chi connectivity index (χ0) is 42.1. The summed E-state index contributed by atoms with van der Waals surface area (Å²) >= 11 is 0. The summed E-state index contributed by atoms with van der Waals surface area (Å²) < 4.78 is 2.31. The van der Waals surface area contributed by atoms with Crippen molar-refractivity contribution in [2.24, 2.45) is 0 Å². The molecule has 0 spiro atoms. The van der Waals surface area contributed by atoms with Crippen molar-refractivity contribution in [2.75, 3.05) is 0 Å². The fourth-order valence-electron chi connectivity index (χ4n) is 8.21. The van der Waals surface area contributed by atoms with Gasteiger partial charge in [-0.2, -0.15) is 0 Å². The maximum absolute atomic E-state index is 7.45. The Balaban J connectivity index is 1.18. The number of para-hydroxylation sites is 1. The lowest BCUT2D eigenvalue weighted by molar-refractivity contribution is 1.07. The summed E-state index contributed by atoms with van der Waals surface area (Å²) in [6.07, 6.45) is 0. The second-order valence-electron chi connectivity index (χ2n) is 15.2. The predicted octanol–water partition coefficient (Wildman–Crippen LogP) is 14.0. The third-order valence-corrected chi connectivity index (χ3v) is 11.3. The summed E-state index contributed by atoms with van der Waals surface area (Å²) in [6.45, 7) is 7.45. The van der Waals surface area contributed by atoms with Gasteiger partial charge in [-0.1, -0.05) is 170 Å². The highest BCUT2D eigenvalue weighted by Crippen LogP contribution is 2.40. The largest absolute Gasteiger partial charge is 0.309 e. The van der Waals surface area contributed by atoms with Gasteiger partial charge in [0.05, 0.1) is 34.7 Å². The Morgan fingerprint density at radius 1 is 0.333 bits per heavy atom. The Morgan fingerprint density at radius 2 is 0.810 bits per heavy atom. The SMILES string of the molecule is [C-]#[N+]c1ccc(-c2ccc3c(c2)c2ccccc2n3-c2ccc(-c3nc(-c4ccccc4)nc(-c4ccccc4)n3)cc2-c2nc(-c3ccccc3)cc(-c3ccccc3)n2)cc1. The maximum Gasteiger partial charge on any atom is 0.187 e. The first kappa shape index (κ1) is 37.2. The molecule has 0 saturated carbocycles. The molecule has 0 unspecified atom stereocenters. The molecule has 8 aromatic carbocycles. The summed E-state index contributed by atoms with van der Waals surface area (Å²) in [5.41, 5.74) is 12.7. The van der Waals surface area contributed by atoms with E-state index in [2.05, 4.69) is 100 Å². The van der Waals surface area contributed by atoms with Gasteiger partial charge >= 0.3 is 0 Å². The van der Waals surface area contributed by atoms with Crippen LogP contribution in [0.1, 0.15) is 0 Å². The number of benzene rings is 8. The van der Waals surface area contributed by atoms with E-state index in [-0.39, 0.29) is 0 Å². The van der Waals surface area contributed by atoms with Crippen LogP contribution in [0.25, 0.3) is 112 Å². The fourth-order valence-corrected chi connectivity index (χ4v) is 8.21. The Labute approximate surface area is 364 Å². The molecule has 0 saturated heterocycles. The van der Waals surface area contributed by atoms with Gasteiger partial charge in [-0.25, -0.2) is 29.8 Å². The van der Waals surface area contributed by atoms with E-state index in [9.17, 15) is 0 Å². The molecule has 3 aromatic heterocycles. The third kappa shape index (κ3) is 7.08. The van der Waals surface area contributed by atoms with E-state index in [1.54, 1.807) is 0 Å². The smallest absolute Gasteiger partial charge is 0.187 e. The Kier molecular flexibility index (Phi) is 9.41. The molecule has 7 nitrogen and oxygen atoms in total. The van der Waals surface area contributed by atoms with Crippen LogP contribution in [0.5, 0.6) is 0 Å². The normalized spacial score (nSPS) is 11.2. The van der Waals surface area contributed by atoms with Crippen molar-refractivity contribution in [1.29, 1.82) is 0 Å². The number of hydrogen-bond acceptors (Lipinski definition) is 5. The zero-order valence-electron chi connectivity index (χ0n) is 33.8. The summed E-state index contributed by atoms with van der Waals surface area (Å²) in [5.74, 6) is 2.27. The van der Waals surface area contributed by atoms with Crippen LogP contribution in [-0.2, 0) is 0 Å². The van der Waals surface area contributed by atoms with Gasteiger partial charge in [0.15, 0.2) is 29.0 Å². The molecule has 3 heterocycles. The Bertz CT molecular complexity index is 3370. The van der Waals surface area contributed by atoms with E-state index in [1.807, 2.05) is 121 Å². The maximum atomic E-state index is 7.45. The molecule has 11 rings (SSSR count). The van der Waals surface area contributed by atoms with E-state index >= 15 is 0 Å². The van der Waals surface area contributed by atoms with E-state index < -0.39 is 0 Å². The molecule has 0 radical (unpaired) electrons. The first-order valence-corrected chi connectivity index (χ1v) is 20.7. The highest BCUT2D eigenvalue weighted by molar-refractivity contribution is 6.11. The molecule has 294 valence electrons. The molecule has 0 amide bonds. The van der Waals surface area contributed by atoms with Crippen molar-refractivity contribution in [3.63, 3.8) is 0 Å². The van der Waals surface area contributed by atoms with E-state index in [1.165, 1.54) is 0 Å². The molecule has 0 atom stereocenters. The van der Waals surface area contributed by atoms with Crippen LogP contribution in [0.15, 0.2) is 212 Å². The monoisotopic (exact) mass is 805 g/mol. The van der Waals surface area contributed by atoms with E-state index in [0.717, 1.165) is 83.4 Å². The standard InChI is InChI=1S/C56H35N7/c1-57-44-30-26-37(27-31-44)42-28-32-51-46(34-42)45-24-14-15-25-50(45)63(51)52-33-29-43(55-61-53(40-20-10-4-11-21-40)60-54(62-55)41-22-12-5-13-23-41)35-47(52)56-58-48(38-16-6-2-7-17-38)36-49(59-56)39-18-8-3-9-19-39/h2-36H.